The Kier molecular flexibility index (Phi) is 6.38. The highest BCUT2D eigenvalue weighted by molar-refractivity contribution is 7.53. The molecular weight excluding hydrogens is 353 g/mol. The molecule has 23 heavy (non-hydrogen) atoms. The lowest BCUT2D eigenvalue weighted by Crippen LogP contribution is -2.23. The summed E-state index contributed by atoms with van der Waals surface area (Å²) in [4.78, 5) is 11.7. The van der Waals surface area contributed by atoms with E-state index in [1.807, 2.05) is 0 Å². The molecule has 0 amide bonds. The van der Waals surface area contributed by atoms with Gasteiger partial charge in [-0.25, -0.2) is 0 Å². The van der Waals surface area contributed by atoms with Crippen molar-refractivity contribution in [1.82, 2.24) is 0 Å². The molecule has 0 N–H and O–H groups in total. The van der Waals surface area contributed by atoms with Crippen LogP contribution in [0.5, 0.6) is 0 Å². The van der Waals surface area contributed by atoms with E-state index in [0.717, 1.165) is 0 Å². The van der Waals surface area contributed by atoms with Gasteiger partial charge in [-0.05, 0) is 0 Å². The zero-order valence-electron chi connectivity index (χ0n) is 11.4. The molecule has 1 rings (SSSR count). The van der Waals surface area contributed by atoms with E-state index in [0.29, 0.717) is 0 Å². The second-order valence-electron chi connectivity index (χ2n) is 4.34. The SMILES string of the molecule is O=C(COP(=O)(CC(F)(F)F)OCC(F)(F)F)c1ccccc1. The van der Waals surface area contributed by atoms with Crippen LogP contribution in [0.1, 0.15) is 10.4 Å². The standard InChI is InChI=1S/C12H11F6O4P/c13-11(14,15)7-22-23(20,8-12(16,17)18)21-6-10(19)9-4-2-1-3-5-9/h1-5H,6-8H2. The summed E-state index contributed by atoms with van der Waals surface area (Å²) < 4.78 is 92.9. The molecule has 1 unspecified atom stereocenters. The van der Waals surface area contributed by atoms with Crippen LogP contribution in [0.25, 0.3) is 0 Å². The van der Waals surface area contributed by atoms with Gasteiger partial charge in [0.15, 0.2) is 12.4 Å². The number of halogens is 6. The van der Waals surface area contributed by atoms with Crippen LogP contribution in [-0.2, 0) is 13.6 Å². The minimum absolute atomic E-state index is 0.0434. The average molecular weight is 364 g/mol. The van der Waals surface area contributed by atoms with Crippen molar-refractivity contribution in [3.63, 3.8) is 0 Å². The summed E-state index contributed by atoms with van der Waals surface area (Å²) in [5.41, 5.74) is 0.0434. The van der Waals surface area contributed by atoms with Crippen molar-refractivity contribution < 1.29 is 44.7 Å². The van der Waals surface area contributed by atoms with Crippen LogP contribution in [-0.4, -0.2) is 37.5 Å². The molecule has 0 saturated heterocycles. The molecule has 1 aromatic carbocycles. The lowest BCUT2D eigenvalue weighted by atomic mass is 10.1. The molecule has 0 radical (unpaired) electrons. The van der Waals surface area contributed by atoms with Crippen molar-refractivity contribution in [3.8, 4) is 0 Å². The summed E-state index contributed by atoms with van der Waals surface area (Å²) in [5.74, 6) is -0.844. The van der Waals surface area contributed by atoms with Crippen molar-refractivity contribution in [2.45, 2.75) is 12.4 Å². The van der Waals surface area contributed by atoms with E-state index >= 15 is 0 Å². The van der Waals surface area contributed by atoms with Gasteiger partial charge in [0.2, 0.25) is 0 Å². The summed E-state index contributed by atoms with van der Waals surface area (Å²) >= 11 is 0. The number of alkyl halides is 6. The molecule has 0 aromatic heterocycles. The Hall–Kier alpha value is -1.38. The van der Waals surface area contributed by atoms with Crippen LogP contribution >= 0.6 is 7.60 Å². The number of hydrogen-bond acceptors (Lipinski definition) is 4. The molecule has 130 valence electrons. The highest BCUT2D eigenvalue weighted by atomic mass is 31.2. The van der Waals surface area contributed by atoms with Gasteiger partial charge in [-0.15, -0.1) is 0 Å². The van der Waals surface area contributed by atoms with Gasteiger partial charge in [0.25, 0.3) is 0 Å². The Bertz CT molecular complexity index is 569. The van der Waals surface area contributed by atoms with Crippen molar-refractivity contribution in [2.24, 2.45) is 0 Å². The fourth-order valence-corrected chi connectivity index (χ4v) is 2.74. The number of ketones is 1. The number of rotatable bonds is 7. The van der Waals surface area contributed by atoms with Crippen molar-refractivity contribution in [3.05, 3.63) is 35.9 Å². The molecule has 0 spiro atoms. The van der Waals surface area contributed by atoms with Gasteiger partial charge in [0.1, 0.15) is 12.8 Å². The third-order valence-corrected chi connectivity index (χ3v) is 4.08. The van der Waals surface area contributed by atoms with Gasteiger partial charge < -0.3 is 0 Å². The van der Waals surface area contributed by atoms with Crippen molar-refractivity contribution in [1.29, 1.82) is 0 Å². The van der Waals surface area contributed by atoms with Crippen LogP contribution in [0.15, 0.2) is 30.3 Å². The Labute approximate surface area is 126 Å². The lowest BCUT2D eigenvalue weighted by Gasteiger charge is -2.20. The van der Waals surface area contributed by atoms with Crippen molar-refractivity contribution in [2.75, 3.05) is 19.4 Å². The third kappa shape index (κ3) is 8.15. The molecular formula is C12H11F6O4P. The minimum Gasteiger partial charge on any atom is -0.300 e. The number of carbonyl (C=O) groups excluding carboxylic acids is 1. The Morgan fingerprint density at radius 1 is 0.957 bits per heavy atom. The second-order valence-corrected chi connectivity index (χ2v) is 6.39. The molecule has 0 aliphatic carbocycles. The summed E-state index contributed by atoms with van der Waals surface area (Å²) in [7, 11) is -5.18. The smallest absolute Gasteiger partial charge is 0.300 e. The predicted molar refractivity (Wildman–Crippen MR) is 67.3 cm³/mol. The van der Waals surface area contributed by atoms with Gasteiger partial charge in [-0.2, -0.15) is 26.3 Å². The van der Waals surface area contributed by atoms with Crippen LogP contribution in [0, 0.1) is 0 Å². The van der Waals surface area contributed by atoms with Gasteiger partial charge in [-0.1, -0.05) is 30.3 Å². The van der Waals surface area contributed by atoms with Gasteiger partial charge in [0.05, 0.1) is 0 Å². The summed E-state index contributed by atoms with van der Waals surface area (Å²) in [6.07, 6.45) is -12.3. The third-order valence-electron chi connectivity index (χ3n) is 2.29. The Morgan fingerprint density at radius 3 is 2.00 bits per heavy atom. The van der Waals surface area contributed by atoms with E-state index in [2.05, 4.69) is 9.05 Å². The first-order chi connectivity index (χ1) is 10.4. The fraction of sp³-hybridized carbons (Fsp3) is 0.417. The summed E-state index contributed by atoms with van der Waals surface area (Å²) in [6.45, 7) is -3.28. The Morgan fingerprint density at radius 2 is 1.52 bits per heavy atom. The number of carbonyl (C=O) groups is 1. The van der Waals surface area contributed by atoms with E-state index in [4.69, 9.17) is 0 Å². The molecule has 0 fully saturated rings. The molecule has 0 saturated carbocycles. The van der Waals surface area contributed by atoms with Gasteiger partial charge in [-0.3, -0.25) is 18.4 Å². The quantitative estimate of drug-likeness (QED) is 0.413. The molecule has 0 aliphatic rings. The molecule has 11 heteroatoms. The monoisotopic (exact) mass is 364 g/mol. The van der Waals surface area contributed by atoms with E-state index in [-0.39, 0.29) is 5.56 Å². The highest BCUT2D eigenvalue weighted by Crippen LogP contribution is 2.52. The number of hydrogen-bond donors (Lipinski definition) is 0. The zero-order chi connectivity index (χ0) is 17.7. The first-order valence-corrected chi connectivity index (χ1v) is 7.73. The molecule has 0 aliphatic heterocycles. The van der Waals surface area contributed by atoms with E-state index in [9.17, 15) is 35.7 Å². The Balaban J connectivity index is 2.76. The van der Waals surface area contributed by atoms with E-state index in [1.54, 1.807) is 6.07 Å². The number of benzene rings is 1. The largest absolute Gasteiger partial charge is 0.412 e. The second kappa shape index (κ2) is 7.46. The molecule has 0 heterocycles. The summed E-state index contributed by atoms with van der Waals surface area (Å²) in [5, 5.41) is 0. The molecule has 0 bridgehead atoms. The zero-order valence-corrected chi connectivity index (χ0v) is 12.3. The van der Waals surface area contributed by atoms with E-state index < -0.39 is 45.1 Å². The maximum Gasteiger partial charge on any atom is 0.412 e. The summed E-state index contributed by atoms with van der Waals surface area (Å²) in [6, 6.07) is 7.12. The minimum atomic E-state index is -5.18. The maximum absolute atomic E-state index is 12.3. The van der Waals surface area contributed by atoms with Crippen LogP contribution in [0.2, 0.25) is 0 Å². The van der Waals surface area contributed by atoms with Crippen LogP contribution < -0.4 is 0 Å². The number of Topliss-reactive ketones (excluding diaryl/α,β-unsaturated/α-hetero) is 1. The fourth-order valence-electron chi connectivity index (χ4n) is 1.38. The van der Waals surface area contributed by atoms with Gasteiger partial charge in [0, 0.05) is 5.56 Å². The first-order valence-electron chi connectivity index (χ1n) is 6.00. The van der Waals surface area contributed by atoms with Crippen LogP contribution in [0.3, 0.4) is 0 Å². The normalized spacial score (nSPS) is 15.2. The predicted octanol–water partition coefficient (Wildman–Crippen LogP) is 4.22. The first kappa shape index (κ1) is 19.7. The molecule has 4 nitrogen and oxygen atoms in total. The van der Waals surface area contributed by atoms with Crippen LogP contribution in [0.4, 0.5) is 26.3 Å². The van der Waals surface area contributed by atoms with Crippen molar-refractivity contribution >= 4 is 13.4 Å². The van der Waals surface area contributed by atoms with E-state index in [1.165, 1.54) is 24.3 Å². The molecule has 1 atom stereocenters. The lowest BCUT2D eigenvalue weighted by molar-refractivity contribution is -0.157. The highest BCUT2D eigenvalue weighted by Gasteiger charge is 2.44. The molecule has 1 aromatic rings. The average Bonchev–Trinajstić information content (AvgIpc) is 2.41. The topological polar surface area (TPSA) is 52.6 Å². The maximum atomic E-state index is 12.3. The van der Waals surface area contributed by atoms with Gasteiger partial charge >= 0.3 is 19.9 Å².